The van der Waals surface area contributed by atoms with Crippen LogP contribution < -0.4 is 20.4 Å². The third-order valence-corrected chi connectivity index (χ3v) is 5.57. The summed E-state index contributed by atoms with van der Waals surface area (Å²) in [6.45, 7) is 11.7. The van der Waals surface area contributed by atoms with Crippen molar-refractivity contribution in [2.45, 2.75) is 47.0 Å². The van der Waals surface area contributed by atoms with Gasteiger partial charge in [0.1, 0.15) is 6.61 Å². The van der Waals surface area contributed by atoms with Crippen LogP contribution in [0.3, 0.4) is 0 Å². The lowest BCUT2D eigenvalue weighted by atomic mass is 10.1. The summed E-state index contributed by atoms with van der Waals surface area (Å²) in [7, 11) is 1.90. The van der Waals surface area contributed by atoms with Gasteiger partial charge in [0.2, 0.25) is 11.8 Å². The molecule has 3 rings (SSSR count). The molecule has 0 radical (unpaired) electrons. The number of hydrogen-bond donors (Lipinski definition) is 3. The molecule has 0 bridgehead atoms. The number of rotatable bonds is 13. The maximum absolute atomic E-state index is 5.86. The smallest absolute Gasteiger partial charge is 0.229 e. The molecule has 3 aromatic rings. The molecule has 0 atom stereocenters. The van der Waals surface area contributed by atoms with Crippen molar-refractivity contribution in [2.75, 3.05) is 43.6 Å². The maximum atomic E-state index is 5.86. The van der Waals surface area contributed by atoms with Crippen molar-refractivity contribution in [3.8, 4) is 5.88 Å². The molecule has 0 aliphatic rings. The van der Waals surface area contributed by atoms with E-state index in [-0.39, 0.29) is 0 Å². The number of likely N-dealkylation sites (N-methyl/N-ethyl adjacent to an activating group) is 1. The largest absolute Gasteiger partial charge is 0.476 e. The summed E-state index contributed by atoms with van der Waals surface area (Å²) in [5.74, 6) is 1.25. The van der Waals surface area contributed by atoms with Crippen molar-refractivity contribution in [3.63, 3.8) is 0 Å². The van der Waals surface area contributed by atoms with Crippen LogP contribution in [-0.4, -0.2) is 54.5 Å². The van der Waals surface area contributed by atoms with E-state index in [2.05, 4.69) is 70.5 Å². The van der Waals surface area contributed by atoms with E-state index in [1.807, 2.05) is 19.2 Å². The molecule has 1 aromatic carbocycles. The van der Waals surface area contributed by atoms with Crippen LogP contribution in [0.25, 0.3) is 10.9 Å². The molecule has 0 saturated heterocycles. The minimum Gasteiger partial charge on any atom is -0.476 e. The van der Waals surface area contributed by atoms with Crippen molar-refractivity contribution in [1.29, 1.82) is 0 Å². The maximum Gasteiger partial charge on any atom is 0.229 e. The Bertz CT molecular complexity index is 1060. The second kappa shape index (κ2) is 12.2. The third kappa shape index (κ3) is 6.68. The number of H-pyrrole nitrogens is 1. The predicted octanol–water partition coefficient (Wildman–Crippen LogP) is 4.64. The Morgan fingerprint density at radius 3 is 2.73 bits per heavy atom. The number of aromatic nitrogens is 3. The molecule has 0 fully saturated rings. The average Bonchev–Trinajstić information content (AvgIpc) is 3.10. The summed E-state index contributed by atoms with van der Waals surface area (Å²) in [5, 5.41) is 8.73. The Kier molecular flexibility index (Phi) is 9.06. The van der Waals surface area contributed by atoms with E-state index in [1.54, 1.807) is 6.21 Å². The summed E-state index contributed by atoms with van der Waals surface area (Å²) in [6, 6.07) is 8.02. The number of fused-ring (bicyclic) bond motifs is 1. The van der Waals surface area contributed by atoms with Crippen LogP contribution >= 0.6 is 0 Å². The average molecular weight is 452 g/mol. The van der Waals surface area contributed by atoms with E-state index in [4.69, 9.17) is 9.72 Å². The fourth-order valence-corrected chi connectivity index (χ4v) is 3.60. The van der Waals surface area contributed by atoms with Gasteiger partial charge in [-0.1, -0.05) is 20.3 Å². The predicted molar refractivity (Wildman–Crippen MR) is 138 cm³/mol. The number of hydrogen-bond acceptors (Lipinski definition) is 7. The molecule has 0 aliphatic heterocycles. The number of hydrazone groups is 1. The van der Waals surface area contributed by atoms with Crippen molar-refractivity contribution >= 4 is 28.8 Å². The standard InChI is InChI=1S/C25H37N7O/c1-6-8-13-32(12-7-2)25-29-21(16-24(30-25)33-14-11-26-5)17-27-31-20-9-10-23-22(15-20)18(3)19(4)28-23/h9-10,15-17,26,28,31H,6-8,11-14H2,1-5H3/b27-17+. The molecule has 2 aromatic heterocycles. The van der Waals surface area contributed by atoms with E-state index in [0.717, 1.165) is 50.1 Å². The van der Waals surface area contributed by atoms with Gasteiger partial charge in [0, 0.05) is 42.3 Å². The quantitative estimate of drug-likeness (QED) is 0.199. The number of aryl methyl sites for hydroxylation is 2. The first-order valence-electron chi connectivity index (χ1n) is 11.8. The molecule has 0 saturated carbocycles. The Balaban J connectivity index is 1.81. The molecular formula is C25H37N7O. The molecule has 178 valence electrons. The molecule has 33 heavy (non-hydrogen) atoms. The van der Waals surface area contributed by atoms with Crippen LogP contribution in [0.15, 0.2) is 29.4 Å². The van der Waals surface area contributed by atoms with Crippen LogP contribution in [0.2, 0.25) is 0 Å². The van der Waals surface area contributed by atoms with Gasteiger partial charge in [0.25, 0.3) is 0 Å². The second-order valence-electron chi connectivity index (χ2n) is 8.23. The Labute approximate surface area is 196 Å². The summed E-state index contributed by atoms with van der Waals surface area (Å²) >= 11 is 0. The van der Waals surface area contributed by atoms with E-state index in [1.165, 1.54) is 16.6 Å². The lowest BCUT2D eigenvalue weighted by Gasteiger charge is -2.22. The zero-order valence-corrected chi connectivity index (χ0v) is 20.5. The van der Waals surface area contributed by atoms with Gasteiger partial charge < -0.3 is 19.9 Å². The first-order chi connectivity index (χ1) is 16.0. The molecule has 3 N–H and O–H groups in total. The highest BCUT2D eigenvalue weighted by Crippen LogP contribution is 2.24. The Morgan fingerprint density at radius 2 is 1.97 bits per heavy atom. The number of anilines is 2. The second-order valence-corrected chi connectivity index (χ2v) is 8.23. The molecule has 2 heterocycles. The van der Waals surface area contributed by atoms with Gasteiger partial charge in [-0.25, -0.2) is 4.98 Å². The first-order valence-corrected chi connectivity index (χ1v) is 11.8. The van der Waals surface area contributed by atoms with Gasteiger partial charge >= 0.3 is 0 Å². The topological polar surface area (TPSA) is 90.5 Å². The first kappa shape index (κ1) is 24.5. The molecule has 8 heteroatoms. The lowest BCUT2D eigenvalue weighted by molar-refractivity contribution is 0.306. The number of aromatic amines is 1. The van der Waals surface area contributed by atoms with Crippen LogP contribution in [0, 0.1) is 13.8 Å². The number of ether oxygens (including phenoxy) is 1. The minimum absolute atomic E-state index is 0.542. The fourth-order valence-electron chi connectivity index (χ4n) is 3.60. The van der Waals surface area contributed by atoms with Crippen molar-refractivity contribution in [2.24, 2.45) is 5.10 Å². The van der Waals surface area contributed by atoms with Crippen LogP contribution in [0.4, 0.5) is 11.6 Å². The highest BCUT2D eigenvalue weighted by Gasteiger charge is 2.12. The summed E-state index contributed by atoms with van der Waals surface area (Å²) in [4.78, 5) is 15.1. The molecule has 0 amide bonds. The molecule has 0 spiro atoms. The fraction of sp³-hybridized carbons (Fsp3) is 0.480. The van der Waals surface area contributed by atoms with E-state index in [9.17, 15) is 0 Å². The highest BCUT2D eigenvalue weighted by molar-refractivity contribution is 5.87. The molecule has 0 aliphatic carbocycles. The van der Waals surface area contributed by atoms with Crippen LogP contribution in [-0.2, 0) is 0 Å². The summed E-state index contributed by atoms with van der Waals surface area (Å²) in [5.41, 5.74) is 8.34. The van der Waals surface area contributed by atoms with E-state index >= 15 is 0 Å². The summed E-state index contributed by atoms with van der Waals surface area (Å²) in [6.07, 6.45) is 4.98. The zero-order valence-electron chi connectivity index (χ0n) is 20.5. The van der Waals surface area contributed by atoms with E-state index < -0.39 is 0 Å². The minimum atomic E-state index is 0.542. The van der Waals surface area contributed by atoms with Gasteiger partial charge in [-0.3, -0.25) is 5.43 Å². The van der Waals surface area contributed by atoms with Gasteiger partial charge in [-0.05, 0) is 57.5 Å². The van der Waals surface area contributed by atoms with Crippen molar-refractivity contribution in [3.05, 3.63) is 41.2 Å². The summed E-state index contributed by atoms with van der Waals surface area (Å²) < 4.78 is 5.86. The van der Waals surface area contributed by atoms with Gasteiger partial charge in [-0.2, -0.15) is 10.1 Å². The van der Waals surface area contributed by atoms with Crippen LogP contribution in [0.5, 0.6) is 5.88 Å². The molecular weight excluding hydrogens is 414 g/mol. The highest BCUT2D eigenvalue weighted by atomic mass is 16.5. The number of benzene rings is 1. The normalized spacial score (nSPS) is 11.4. The van der Waals surface area contributed by atoms with Gasteiger partial charge in [0.15, 0.2) is 0 Å². The number of unbranched alkanes of at least 4 members (excludes halogenated alkanes) is 1. The van der Waals surface area contributed by atoms with Crippen molar-refractivity contribution < 1.29 is 4.74 Å². The molecule has 8 nitrogen and oxygen atoms in total. The van der Waals surface area contributed by atoms with Gasteiger partial charge in [-0.15, -0.1) is 0 Å². The number of nitrogens with zero attached hydrogens (tertiary/aromatic N) is 4. The van der Waals surface area contributed by atoms with Crippen molar-refractivity contribution in [1.82, 2.24) is 20.3 Å². The van der Waals surface area contributed by atoms with Gasteiger partial charge in [0.05, 0.1) is 17.6 Å². The van der Waals surface area contributed by atoms with E-state index in [0.29, 0.717) is 24.1 Å². The monoisotopic (exact) mass is 451 g/mol. The SMILES string of the molecule is CCCCN(CCC)c1nc(/C=N/Nc2ccc3[nH]c(C)c(C)c3c2)cc(OCCNC)n1. The molecule has 0 unspecified atom stereocenters. The van der Waals surface area contributed by atoms with Crippen LogP contribution in [0.1, 0.15) is 50.1 Å². The zero-order chi connectivity index (χ0) is 23.6. The lowest BCUT2D eigenvalue weighted by Crippen LogP contribution is -2.28. The third-order valence-electron chi connectivity index (χ3n) is 5.57. The Hall–Kier alpha value is -3.13. The number of nitrogens with one attached hydrogen (secondary N) is 3. The Morgan fingerprint density at radius 1 is 1.12 bits per heavy atom.